The van der Waals surface area contributed by atoms with Crippen molar-refractivity contribution in [2.45, 2.75) is 51.3 Å². The summed E-state index contributed by atoms with van der Waals surface area (Å²) in [5.41, 5.74) is 0.100. The minimum Gasteiger partial charge on any atom is -0.444 e. The molecule has 196 valence electrons. The van der Waals surface area contributed by atoms with Gasteiger partial charge >= 0.3 is 18.3 Å². The lowest BCUT2D eigenvalue weighted by atomic mass is 9.89. The van der Waals surface area contributed by atoms with Crippen LogP contribution >= 0.6 is 11.3 Å². The van der Waals surface area contributed by atoms with Crippen LogP contribution in [0, 0.1) is 5.82 Å². The van der Waals surface area contributed by atoms with E-state index >= 15 is 0 Å². The van der Waals surface area contributed by atoms with Crippen LogP contribution in [0.25, 0.3) is 21.3 Å². The van der Waals surface area contributed by atoms with Gasteiger partial charge in [0.05, 0.1) is 15.8 Å². The van der Waals surface area contributed by atoms with Crippen LogP contribution in [-0.2, 0) is 10.9 Å². The Kier molecular flexibility index (Phi) is 6.25. The van der Waals surface area contributed by atoms with Gasteiger partial charge in [0, 0.05) is 13.1 Å². The van der Waals surface area contributed by atoms with E-state index in [-0.39, 0.29) is 28.7 Å². The Bertz CT molecular complexity index is 1470. The van der Waals surface area contributed by atoms with Crippen molar-refractivity contribution in [2.24, 2.45) is 0 Å². The number of thiazole rings is 1. The summed E-state index contributed by atoms with van der Waals surface area (Å²) in [4.78, 5) is 22.6. The number of amides is 1. The number of hydrogen-bond acceptors (Lipinski definition) is 7. The third kappa shape index (κ3) is 5.48. The van der Waals surface area contributed by atoms with Crippen LogP contribution < -0.4 is 5.32 Å². The van der Waals surface area contributed by atoms with Crippen LogP contribution in [0.3, 0.4) is 0 Å². The number of piperidine rings is 1. The molecule has 5 rings (SSSR count). The summed E-state index contributed by atoms with van der Waals surface area (Å²) in [6, 6.07) is 6.47. The maximum Gasteiger partial charge on any atom is 0.416 e. The second-order valence-electron chi connectivity index (χ2n) is 9.94. The smallest absolute Gasteiger partial charge is 0.416 e. The number of rotatable bonds is 3. The molecule has 12 heteroatoms. The SMILES string of the molecule is CC(C)(C)OC(=O)N1CCC(c2cc(F)c3oc(Nc4nc5ccc(C(F)(F)F)cc5s4)nc3c2)CC1. The predicted molar refractivity (Wildman–Crippen MR) is 132 cm³/mol. The second-order valence-corrected chi connectivity index (χ2v) is 11.0. The van der Waals surface area contributed by atoms with E-state index in [1.807, 2.05) is 20.8 Å². The largest absolute Gasteiger partial charge is 0.444 e. The number of benzene rings is 2. The molecule has 2 aromatic heterocycles. The number of oxazole rings is 1. The number of halogens is 4. The zero-order valence-electron chi connectivity index (χ0n) is 20.3. The number of nitrogens with one attached hydrogen (secondary N) is 1. The van der Waals surface area contributed by atoms with E-state index in [1.54, 1.807) is 11.0 Å². The third-order valence-electron chi connectivity index (χ3n) is 6.01. The summed E-state index contributed by atoms with van der Waals surface area (Å²) >= 11 is 1.01. The van der Waals surface area contributed by atoms with Crippen molar-refractivity contribution in [3.8, 4) is 0 Å². The highest BCUT2D eigenvalue weighted by Crippen LogP contribution is 2.36. The van der Waals surface area contributed by atoms with E-state index in [9.17, 15) is 22.4 Å². The molecule has 0 atom stereocenters. The molecule has 1 N–H and O–H groups in total. The van der Waals surface area contributed by atoms with Crippen molar-refractivity contribution in [2.75, 3.05) is 18.4 Å². The monoisotopic (exact) mass is 536 g/mol. The summed E-state index contributed by atoms with van der Waals surface area (Å²) in [7, 11) is 0. The maximum atomic E-state index is 14.9. The molecule has 1 saturated heterocycles. The fourth-order valence-corrected chi connectivity index (χ4v) is 5.16. The van der Waals surface area contributed by atoms with Crippen LogP contribution in [0.15, 0.2) is 34.7 Å². The molecule has 0 radical (unpaired) electrons. The van der Waals surface area contributed by atoms with Gasteiger partial charge in [0.2, 0.25) is 0 Å². The number of hydrogen-bond donors (Lipinski definition) is 1. The Labute approximate surface area is 213 Å². The van der Waals surface area contributed by atoms with Gasteiger partial charge in [-0.3, -0.25) is 5.32 Å². The van der Waals surface area contributed by atoms with E-state index in [4.69, 9.17) is 9.15 Å². The summed E-state index contributed by atoms with van der Waals surface area (Å²) in [6.07, 6.45) is -3.50. The normalized spacial score (nSPS) is 15.5. The number of carbonyl (C=O) groups is 1. The number of fused-ring (bicyclic) bond motifs is 2. The number of carbonyl (C=O) groups excluding carboxylic acids is 1. The van der Waals surface area contributed by atoms with Crippen LogP contribution in [0.4, 0.5) is 33.5 Å². The topological polar surface area (TPSA) is 80.5 Å². The number of ether oxygens (including phenoxy) is 1. The highest BCUT2D eigenvalue weighted by atomic mass is 32.1. The van der Waals surface area contributed by atoms with Crippen molar-refractivity contribution in [3.63, 3.8) is 0 Å². The molecular weight excluding hydrogens is 512 g/mol. The van der Waals surface area contributed by atoms with E-state index in [0.717, 1.165) is 29.0 Å². The zero-order valence-corrected chi connectivity index (χ0v) is 21.1. The Morgan fingerprint density at radius 2 is 1.84 bits per heavy atom. The molecule has 0 spiro atoms. The van der Waals surface area contributed by atoms with Crippen LogP contribution in [0.1, 0.15) is 50.7 Å². The molecule has 1 aliphatic rings. The quantitative estimate of drug-likeness (QED) is 0.274. The van der Waals surface area contributed by atoms with Crippen molar-refractivity contribution < 1.29 is 31.5 Å². The van der Waals surface area contributed by atoms with Crippen molar-refractivity contribution in [3.05, 3.63) is 47.3 Å². The average Bonchev–Trinajstić information content (AvgIpc) is 3.40. The lowest BCUT2D eigenvalue weighted by Gasteiger charge is -2.33. The third-order valence-corrected chi connectivity index (χ3v) is 6.95. The fourth-order valence-electron chi connectivity index (χ4n) is 4.27. The molecule has 0 bridgehead atoms. The van der Waals surface area contributed by atoms with Gasteiger partial charge in [0.25, 0.3) is 0 Å². The number of anilines is 2. The van der Waals surface area contributed by atoms with Gasteiger partial charge in [-0.05, 0) is 75.4 Å². The second kappa shape index (κ2) is 9.16. The summed E-state index contributed by atoms with van der Waals surface area (Å²) in [5, 5.41) is 3.10. The summed E-state index contributed by atoms with van der Waals surface area (Å²) in [6.45, 7) is 6.45. The molecular formula is C25H24F4N4O3S. The zero-order chi connectivity index (χ0) is 26.5. The van der Waals surface area contributed by atoms with E-state index in [1.165, 1.54) is 12.1 Å². The minimum atomic E-state index is -4.45. The van der Waals surface area contributed by atoms with Gasteiger partial charge in [-0.25, -0.2) is 14.2 Å². The van der Waals surface area contributed by atoms with Crippen LogP contribution in [0.5, 0.6) is 0 Å². The molecule has 1 amide bonds. The first-order chi connectivity index (χ1) is 17.4. The number of nitrogens with zero attached hydrogens (tertiary/aromatic N) is 3. The molecule has 7 nitrogen and oxygen atoms in total. The van der Waals surface area contributed by atoms with Gasteiger partial charge in [0.15, 0.2) is 16.5 Å². The number of likely N-dealkylation sites (tertiary alicyclic amines) is 1. The standard InChI is InChI=1S/C25H24F4N4O3S/c1-24(2,3)36-23(34)33-8-6-13(7-9-33)14-10-16(26)20-18(11-14)30-21(35-20)32-22-31-17-5-4-15(25(27,28)29)12-19(17)37-22/h4-5,10-13H,6-9H2,1-3H3,(H,30,31,32). The van der Waals surface area contributed by atoms with E-state index < -0.39 is 23.2 Å². The van der Waals surface area contributed by atoms with Crippen molar-refractivity contribution >= 4 is 49.9 Å². The van der Waals surface area contributed by atoms with Gasteiger partial charge in [-0.15, -0.1) is 0 Å². The number of aromatic nitrogens is 2. The van der Waals surface area contributed by atoms with Gasteiger partial charge < -0.3 is 14.1 Å². The van der Waals surface area contributed by atoms with Gasteiger partial charge in [-0.2, -0.15) is 18.2 Å². The van der Waals surface area contributed by atoms with Gasteiger partial charge in [0.1, 0.15) is 11.1 Å². The first kappa shape index (κ1) is 25.2. The Hall–Kier alpha value is -3.41. The lowest BCUT2D eigenvalue weighted by molar-refractivity contribution is -0.137. The fraction of sp³-hybridized carbons (Fsp3) is 0.400. The minimum absolute atomic E-state index is 0.0131. The molecule has 4 aromatic rings. The highest BCUT2D eigenvalue weighted by Gasteiger charge is 2.31. The Balaban J connectivity index is 1.31. The first-order valence-electron chi connectivity index (χ1n) is 11.7. The molecule has 3 heterocycles. The Morgan fingerprint density at radius 1 is 1.11 bits per heavy atom. The van der Waals surface area contributed by atoms with Crippen LogP contribution in [0.2, 0.25) is 0 Å². The summed E-state index contributed by atoms with van der Waals surface area (Å²) in [5.74, 6) is -0.528. The molecule has 0 saturated carbocycles. The Morgan fingerprint density at radius 3 is 2.51 bits per heavy atom. The van der Waals surface area contributed by atoms with Crippen LogP contribution in [-0.4, -0.2) is 39.7 Å². The van der Waals surface area contributed by atoms with Gasteiger partial charge in [-0.1, -0.05) is 11.3 Å². The predicted octanol–water partition coefficient (Wildman–Crippen LogP) is 7.45. The summed E-state index contributed by atoms with van der Waals surface area (Å²) < 4.78 is 65.2. The van der Waals surface area contributed by atoms with E-state index in [0.29, 0.717) is 41.7 Å². The molecule has 1 fully saturated rings. The maximum absolute atomic E-state index is 14.9. The van der Waals surface area contributed by atoms with E-state index in [2.05, 4.69) is 15.3 Å². The lowest BCUT2D eigenvalue weighted by Crippen LogP contribution is -2.41. The number of alkyl halides is 3. The molecule has 0 unspecified atom stereocenters. The molecule has 37 heavy (non-hydrogen) atoms. The molecule has 2 aromatic carbocycles. The highest BCUT2D eigenvalue weighted by molar-refractivity contribution is 7.22. The van der Waals surface area contributed by atoms with Crippen molar-refractivity contribution in [1.82, 2.24) is 14.9 Å². The first-order valence-corrected chi connectivity index (χ1v) is 12.5. The van der Waals surface area contributed by atoms with Crippen molar-refractivity contribution in [1.29, 1.82) is 0 Å². The molecule has 0 aliphatic carbocycles. The average molecular weight is 537 g/mol. The molecule has 1 aliphatic heterocycles.